The highest BCUT2D eigenvalue weighted by Crippen LogP contribution is 2.26. The van der Waals surface area contributed by atoms with E-state index in [-0.39, 0.29) is 19.0 Å². The smallest absolute Gasteiger partial charge is 0.317 e. The van der Waals surface area contributed by atoms with Gasteiger partial charge in [-0.15, -0.1) is 0 Å². The van der Waals surface area contributed by atoms with Gasteiger partial charge in [-0.1, -0.05) is 0 Å². The molecule has 5 heteroatoms. The normalized spacial score (nSPS) is 20.3. The molecule has 0 heterocycles. The summed E-state index contributed by atoms with van der Waals surface area (Å²) in [5.74, 6) is -0.897. The number of carbonyl (C=O) groups excluding carboxylic acids is 1. The lowest BCUT2D eigenvalue weighted by molar-refractivity contribution is -0.138. The number of aliphatic carboxylic acids is 1. The summed E-state index contributed by atoms with van der Waals surface area (Å²) in [6, 6.07) is 0.662. The highest BCUT2D eigenvalue weighted by molar-refractivity contribution is 5.79. The minimum absolute atomic E-state index is 0.0250. The first kappa shape index (κ1) is 10.4. The van der Waals surface area contributed by atoms with Crippen molar-refractivity contribution in [1.29, 1.82) is 0 Å². The first-order chi connectivity index (χ1) is 7.15. The van der Waals surface area contributed by atoms with E-state index in [1.165, 1.54) is 0 Å². The van der Waals surface area contributed by atoms with Gasteiger partial charge < -0.3 is 10.4 Å². The first-order valence-corrected chi connectivity index (χ1v) is 5.40. The molecule has 2 saturated carbocycles. The minimum atomic E-state index is -0.860. The van der Waals surface area contributed by atoms with Crippen LogP contribution in [0.5, 0.6) is 0 Å². The Kier molecular flexibility index (Phi) is 2.90. The molecular formula is C10H16N2O3. The van der Waals surface area contributed by atoms with Crippen LogP contribution in [0.25, 0.3) is 0 Å². The third-order valence-electron chi connectivity index (χ3n) is 2.69. The molecule has 2 aliphatic rings. The Balaban J connectivity index is 1.76. The van der Waals surface area contributed by atoms with Gasteiger partial charge in [0.15, 0.2) is 0 Å². The van der Waals surface area contributed by atoms with Crippen LogP contribution in [0.2, 0.25) is 0 Å². The van der Waals surface area contributed by atoms with Gasteiger partial charge in [-0.3, -0.25) is 14.5 Å². The fourth-order valence-corrected chi connectivity index (χ4v) is 1.61. The average Bonchev–Trinajstić information content (AvgIpc) is 2.98. The van der Waals surface area contributed by atoms with Crippen LogP contribution in [-0.2, 0) is 9.59 Å². The van der Waals surface area contributed by atoms with Gasteiger partial charge in [0.2, 0.25) is 5.91 Å². The summed E-state index contributed by atoms with van der Waals surface area (Å²) < 4.78 is 0. The molecule has 0 radical (unpaired) electrons. The molecule has 2 rings (SSSR count). The lowest BCUT2D eigenvalue weighted by atomic mass is 10.4. The highest BCUT2D eigenvalue weighted by Gasteiger charge is 2.32. The maximum atomic E-state index is 11.5. The molecule has 0 aromatic heterocycles. The molecule has 0 bridgehead atoms. The Labute approximate surface area is 88.4 Å². The lowest BCUT2D eigenvalue weighted by Gasteiger charge is -2.18. The topological polar surface area (TPSA) is 69.6 Å². The molecule has 5 nitrogen and oxygen atoms in total. The van der Waals surface area contributed by atoms with E-state index in [1.807, 2.05) is 0 Å². The zero-order valence-electron chi connectivity index (χ0n) is 8.61. The van der Waals surface area contributed by atoms with Crippen LogP contribution in [0, 0.1) is 0 Å². The van der Waals surface area contributed by atoms with Crippen LogP contribution in [0.1, 0.15) is 25.7 Å². The second kappa shape index (κ2) is 4.18. The Morgan fingerprint density at radius 3 is 2.33 bits per heavy atom. The molecule has 0 unspecified atom stereocenters. The van der Waals surface area contributed by atoms with Crippen molar-refractivity contribution in [1.82, 2.24) is 10.2 Å². The summed E-state index contributed by atoms with van der Waals surface area (Å²) in [6.45, 7) is 0.205. The standard InChI is InChI=1S/C10H16N2O3/c13-9(11-7-1-2-7)5-12(6-10(14)15)8-3-4-8/h7-8H,1-6H2,(H,11,13)(H,14,15). The molecule has 0 saturated heterocycles. The molecule has 0 aliphatic heterocycles. The molecule has 84 valence electrons. The third kappa shape index (κ3) is 3.51. The summed E-state index contributed by atoms with van der Waals surface area (Å²) in [5, 5.41) is 11.6. The van der Waals surface area contributed by atoms with Gasteiger partial charge in [0.05, 0.1) is 13.1 Å². The SMILES string of the molecule is O=C(O)CN(CC(=O)NC1CC1)C1CC1. The van der Waals surface area contributed by atoms with E-state index in [0.717, 1.165) is 25.7 Å². The number of rotatable bonds is 6. The van der Waals surface area contributed by atoms with E-state index in [9.17, 15) is 9.59 Å². The van der Waals surface area contributed by atoms with Gasteiger partial charge in [-0.2, -0.15) is 0 Å². The number of amides is 1. The number of nitrogens with zero attached hydrogens (tertiary/aromatic N) is 1. The number of hydrogen-bond acceptors (Lipinski definition) is 3. The van der Waals surface area contributed by atoms with Crippen molar-refractivity contribution >= 4 is 11.9 Å². The average molecular weight is 212 g/mol. The van der Waals surface area contributed by atoms with Crippen molar-refractivity contribution in [3.63, 3.8) is 0 Å². The van der Waals surface area contributed by atoms with Crippen LogP contribution >= 0.6 is 0 Å². The van der Waals surface area contributed by atoms with Crippen molar-refractivity contribution < 1.29 is 14.7 Å². The van der Waals surface area contributed by atoms with E-state index in [0.29, 0.717) is 12.1 Å². The van der Waals surface area contributed by atoms with Gasteiger partial charge in [-0.25, -0.2) is 0 Å². The number of carboxylic acid groups (broad SMARTS) is 1. The molecule has 0 spiro atoms. The Morgan fingerprint density at radius 2 is 1.87 bits per heavy atom. The van der Waals surface area contributed by atoms with Crippen LogP contribution in [0.3, 0.4) is 0 Å². The summed E-state index contributed by atoms with van der Waals surface area (Å²) in [5.41, 5.74) is 0. The summed E-state index contributed by atoms with van der Waals surface area (Å²) in [4.78, 5) is 23.8. The van der Waals surface area contributed by atoms with E-state index in [4.69, 9.17) is 5.11 Å². The fourth-order valence-electron chi connectivity index (χ4n) is 1.61. The Morgan fingerprint density at radius 1 is 1.20 bits per heavy atom. The van der Waals surface area contributed by atoms with E-state index >= 15 is 0 Å². The predicted molar refractivity (Wildman–Crippen MR) is 53.4 cm³/mol. The molecule has 2 fully saturated rings. The van der Waals surface area contributed by atoms with Gasteiger partial charge in [0.25, 0.3) is 0 Å². The number of hydrogen-bond donors (Lipinski definition) is 2. The number of carbonyl (C=O) groups is 2. The van der Waals surface area contributed by atoms with Crippen LogP contribution < -0.4 is 5.32 Å². The van der Waals surface area contributed by atoms with Gasteiger partial charge in [-0.05, 0) is 25.7 Å². The quantitative estimate of drug-likeness (QED) is 0.640. The van der Waals surface area contributed by atoms with Crippen molar-refractivity contribution in [2.24, 2.45) is 0 Å². The van der Waals surface area contributed by atoms with Crippen molar-refractivity contribution in [2.75, 3.05) is 13.1 Å². The second-order valence-corrected chi connectivity index (χ2v) is 4.37. The van der Waals surface area contributed by atoms with Crippen LogP contribution in [0.15, 0.2) is 0 Å². The third-order valence-corrected chi connectivity index (χ3v) is 2.69. The zero-order valence-corrected chi connectivity index (χ0v) is 8.61. The minimum Gasteiger partial charge on any atom is -0.480 e. The molecular weight excluding hydrogens is 196 g/mol. The maximum Gasteiger partial charge on any atom is 0.317 e. The van der Waals surface area contributed by atoms with Crippen molar-refractivity contribution in [2.45, 2.75) is 37.8 Å². The fraction of sp³-hybridized carbons (Fsp3) is 0.800. The first-order valence-electron chi connectivity index (χ1n) is 5.40. The Bertz CT molecular complexity index is 272. The van der Waals surface area contributed by atoms with Crippen LogP contribution in [0.4, 0.5) is 0 Å². The monoisotopic (exact) mass is 212 g/mol. The number of carboxylic acids is 1. The number of nitrogens with one attached hydrogen (secondary N) is 1. The van der Waals surface area contributed by atoms with Gasteiger partial charge >= 0.3 is 5.97 Å². The molecule has 15 heavy (non-hydrogen) atoms. The zero-order chi connectivity index (χ0) is 10.8. The van der Waals surface area contributed by atoms with Gasteiger partial charge in [0, 0.05) is 12.1 Å². The highest BCUT2D eigenvalue weighted by atomic mass is 16.4. The second-order valence-electron chi connectivity index (χ2n) is 4.37. The predicted octanol–water partition coefficient (Wildman–Crippen LogP) is -0.186. The maximum absolute atomic E-state index is 11.5. The van der Waals surface area contributed by atoms with E-state index in [1.54, 1.807) is 4.90 Å². The summed E-state index contributed by atoms with van der Waals surface area (Å²) in [7, 11) is 0. The molecule has 2 N–H and O–H groups in total. The molecule has 0 atom stereocenters. The molecule has 0 aromatic rings. The van der Waals surface area contributed by atoms with Crippen LogP contribution in [-0.4, -0.2) is 47.1 Å². The molecule has 0 aromatic carbocycles. The van der Waals surface area contributed by atoms with E-state index < -0.39 is 5.97 Å². The Hall–Kier alpha value is -1.10. The summed E-state index contributed by atoms with van der Waals surface area (Å²) in [6.07, 6.45) is 4.16. The van der Waals surface area contributed by atoms with E-state index in [2.05, 4.69) is 5.32 Å². The molecule has 1 amide bonds. The van der Waals surface area contributed by atoms with Crippen molar-refractivity contribution in [3.8, 4) is 0 Å². The largest absolute Gasteiger partial charge is 0.480 e. The van der Waals surface area contributed by atoms with Gasteiger partial charge in [0.1, 0.15) is 0 Å². The lowest BCUT2D eigenvalue weighted by Crippen LogP contribution is -2.41. The summed E-state index contributed by atoms with van der Waals surface area (Å²) >= 11 is 0. The molecule has 2 aliphatic carbocycles. The van der Waals surface area contributed by atoms with Crippen molar-refractivity contribution in [3.05, 3.63) is 0 Å².